The number of methoxy groups -OCH3 is 2. The number of hydrogen-bond acceptors (Lipinski definition) is 4. The predicted octanol–water partition coefficient (Wildman–Crippen LogP) is 4.32. The fraction of sp³-hybridized carbons (Fsp3) is 0.200. The fourth-order valence-electron chi connectivity index (χ4n) is 2.03. The molecule has 1 N–H and O–H groups in total. The van der Waals surface area contributed by atoms with Crippen molar-refractivity contribution < 1.29 is 35.5 Å². The number of sulfonamides is 1. The summed E-state index contributed by atoms with van der Waals surface area (Å²) >= 11 is 5.93. The van der Waals surface area contributed by atoms with Crippen LogP contribution < -0.4 is 14.2 Å². The van der Waals surface area contributed by atoms with Crippen molar-refractivity contribution in [2.45, 2.75) is 11.1 Å². The molecule has 0 aliphatic rings. The van der Waals surface area contributed by atoms with E-state index in [1.165, 1.54) is 26.4 Å². The fourth-order valence-corrected chi connectivity index (χ4v) is 3.36. The van der Waals surface area contributed by atoms with Gasteiger partial charge in [-0.3, -0.25) is 4.72 Å². The van der Waals surface area contributed by atoms with Crippen LogP contribution in [0, 0.1) is 5.82 Å². The Kier molecular flexibility index (Phi) is 5.57. The van der Waals surface area contributed by atoms with E-state index >= 15 is 0 Å². The maximum atomic E-state index is 13.3. The molecular formula is C15H12ClF4NO4S. The second-order valence-corrected chi connectivity index (χ2v) is 7.02. The van der Waals surface area contributed by atoms with E-state index in [0.717, 1.165) is 0 Å². The van der Waals surface area contributed by atoms with Crippen LogP contribution in [0.15, 0.2) is 35.2 Å². The third-order valence-electron chi connectivity index (χ3n) is 3.27. The van der Waals surface area contributed by atoms with Gasteiger partial charge in [0.15, 0.2) is 0 Å². The van der Waals surface area contributed by atoms with Crippen molar-refractivity contribution in [2.24, 2.45) is 0 Å². The maximum absolute atomic E-state index is 13.3. The number of ether oxygens (including phenoxy) is 2. The lowest BCUT2D eigenvalue weighted by Gasteiger charge is -2.15. The van der Waals surface area contributed by atoms with E-state index in [9.17, 15) is 26.0 Å². The summed E-state index contributed by atoms with van der Waals surface area (Å²) in [6, 6.07) is 3.81. The normalized spacial score (nSPS) is 12.0. The van der Waals surface area contributed by atoms with Gasteiger partial charge in [0.25, 0.3) is 10.0 Å². The zero-order chi connectivity index (χ0) is 19.7. The first-order chi connectivity index (χ1) is 12.0. The van der Waals surface area contributed by atoms with Crippen molar-refractivity contribution in [3.63, 3.8) is 0 Å². The van der Waals surface area contributed by atoms with Gasteiger partial charge in [-0.15, -0.1) is 0 Å². The third kappa shape index (κ3) is 4.13. The zero-order valence-corrected chi connectivity index (χ0v) is 14.9. The van der Waals surface area contributed by atoms with Crippen LogP contribution in [0.1, 0.15) is 5.56 Å². The second-order valence-electron chi connectivity index (χ2n) is 4.93. The van der Waals surface area contributed by atoms with E-state index in [1.807, 2.05) is 0 Å². The van der Waals surface area contributed by atoms with Crippen LogP contribution in [0.25, 0.3) is 0 Å². The second kappa shape index (κ2) is 7.20. The van der Waals surface area contributed by atoms with Crippen molar-refractivity contribution in [2.75, 3.05) is 18.9 Å². The van der Waals surface area contributed by atoms with Crippen molar-refractivity contribution in [3.05, 3.63) is 46.7 Å². The van der Waals surface area contributed by atoms with Gasteiger partial charge >= 0.3 is 6.18 Å². The van der Waals surface area contributed by atoms with Crippen LogP contribution in [0.2, 0.25) is 5.02 Å². The summed E-state index contributed by atoms with van der Waals surface area (Å²) in [6.07, 6.45) is -5.04. The molecule has 0 fully saturated rings. The monoisotopic (exact) mass is 413 g/mol. The van der Waals surface area contributed by atoms with Gasteiger partial charge in [0.2, 0.25) is 0 Å². The number of hydrogen-bond donors (Lipinski definition) is 1. The zero-order valence-electron chi connectivity index (χ0n) is 13.3. The maximum Gasteiger partial charge on any atom is 0.419 e. The van der Waals surface area contributed by atoms with E-state index in [4.69, 9.17) is 21.1 Å². The standard InChI is InChI=1S/C15H12ClF4NO4S/c1-24-13-7-14(25-2)12(6-10(13)16)21-26(22,23)8-3-4-11(17)9(5-8)15(18,19)20/h3-7,21H,1-2H3. The highest BCUT2D eigenvalue weighted by atomic mass is 35.5. The van der Waals surface area contributed by atoms with E-state index in [-0.39, 0.29) is 28.3 Å². The molecule has 26 heavy (non-hydrogen) atoms. The topological polar surface area (TPSA) is 64.6 Å². The first-order valence-corrected chi connectivity index (χ1v) is 8.67. The molecule has 0 amide bonds. The molecule has 0 atom stereocenters. The number of halogens is 5. The summed E-state index contributed by atoms with van der Waals surface area (Å²) in [5, 5.41) is 0.0427. The molecule has 0 radical (unpaired) electrons. The van der Waals surface area contributed by atoms with Gasteiger partial charge in [0, 0.05) is 6.07 Å². The van der Waals surface area contributed by atoms with Crippen LogP contribution in [-0.4, -0.2) is 22.6 Å². The summed E-state index contributed by atoms with van der Waals surface area (Å²) in [5.74, 6) is -1.36. The van der Waals surface area contributed by atoms with Crippen molar-refractivity contribution in [1.82, 2.24) is 0 Å². The summed E-state index contributed by atoms with van der Waals surface area (Å²) in [5.41, 5.74) is -1.82. The first-order valence-electron chi connectivity index (χ1n) is 6.80. The molecule has 0 saturated heterocycles. The van der Waals surface area contributed by atoms with Gasteiger partial charge in [0.1, 0.15) is 17.3 Å². The lowest BCUT2D eigenvalue weighted by atomic mass is 10.2. The van der Waals surface area contributed by atoms with Gasteiger partial charge in [-0.25, -0.2) is 12.8 Å². The Bertz CT molecular complexity index is 932. The van der Waals surface area contributed by atoms with Crippen LogP contribution in [0.3, 0.4) is 0 Å². The van der Waals surface area contributed by atoms with Crippen molar-refractivity contribution >= 4 is 27.3 Å². The lowest BCUT2D eigenvalue weighted by Crippen LogP contribution is -2.16. The number of alkyl halides is 3. The highest BCUT2D eigenvalue weighted by molar-refractivity contribution is 7.92. The Hall–Kier alpha value is -2.20. The lowest BCUT2D eigenvalue weighted by molar-refractivity contribution is -0.140. The van der Waals surface area contributed by atoms with E-state index in [0.29, 0.717) is 12.1 Å². The van der Waals surface area contributed by atoms with Crippen LogP contribution in [0.4, 0.5) is 23.2 Å². The highest BCUT2D eigenvalue weighted by Crippen LogP contribution is 2.37. The Labute approximate surface area is 151 Å². The molecule has 0 aliphatic heterocycles. The van der Waals surface area contributed by atoms with Gasteiger partial charge < -0.3 is 9.47 Å². The molecule has 0 spiro atoms. The highest BCUT2D eigenvalue weighted by Gasteiger charge is 2.35. The number of nitrogens with one attached hydrogen (secondary N) is 1. The van der Waals surface area contributed by atoms with E-state index in [1.54, 1.807) is 0 Å². The van der Waals surface area contributed by atoms with Crippen molar-refractivity contribution in [3.8, 4) is 11.5 Å². The SMILES string of the molecule is COc1cc(OC)c(NS(=O)(=O)c2ccc(F)c(C(F)(F)F)c2)cc1Cl. The minimum Gasteiger partial charge on any atom is -0.495 e. The van der Waals surface area contributed by atoms with Gasteiger partial charge in [-0.1, -0.05) is 11.6 Å². The van der Waals surface area contributed by atoms with Crippen LogP contribution in [-0.2, 0) is 16.2 Å². The third-order valence-corrected chi connectivity index (χ3v) is 4.93. The summed E-state index contributed by atoms with van der Waals surface area (Å²) in [6.45, 7) is 0. The minimum atomic E-state index is -5.04. The largest absolute Gasteiger partial charge is 0.495 e. The molecule has 142 valence electrons. The van der Waals surface area contributed by atoms with Crippen molar-refractivity contribution in [1.29, 1.82) is 0 Å². The number of benzene rings is 2. The number of anilines is 1. The average Bonchev–Trinajstić information content (AvgIpc) is 2.54. The minimum absolute atomic E-state index is 0.0213. The Morgan fingerprint density at radius 1 is 1.04 bits per heavy atom. The summed E-state index contributed by atoms with van der Waals surface area (Å²) < 4.78 is 88.6. The van der Waals surface area contributed by atoms with Crippen LogP contribution >= 0.6 is 11.6 Å². The molecule has 0 aromatic heterocycles. The Morgan fingerprint density at radius 3 is 2.19 bits per heavy atom. The molecule has 0 saturated carbocycles. The first kappa shape index (κ1) is 20.1. The molecule has 0 unspecified atom stereocenters. The summed E-state index contributed by atoms with van der Waals surface area (Å²) in [7, 11) is -1.89. The molecule has 5 nitrogen and oxygen atoms in total. The van der Waals surface area contributed by atoms with Gasteiger partial charge in [0.05, 0.1) is 35.4 Å². The van der Waals surface area contributed by atoms with Gasteiger partial charge in [-0.05, 0) is 24.3 Å². The molecule has 0 heterocycles. The van der Waals surface area contributed by atoms with Crippen LogP contribution in [0.5, 0.6) is 11.5 Å². The molecule has 11 heteroatoms. The Balaban J connectivity index is 2.49. The van der Waals surface area contributed by atoms with E-state index in [2.05, 4.69) is 4.72 Å². The average molecular weight is 414 g/mol. The van der Waals surface area contributed by atoms with Gasteiger partial charge in [-0.2, -0.15) is 13.2 Å². The quantitative estimate of drug-likeness (QED) is 0.742. The Morgan fingerprint density at radius 2 is 1.65 bits per heavy atom. The number of rotatable bonds is 5. The molecule has 2 aromatic rings. The molecular weight excluding hydrogens is 402 g/mol. The molecule has 2 aromatic carbocycles. The molecule has 2 rings (SSSR count). The van der Waals surface area contributed by atoms with E-state index < -0.39 is 32.5 Å². The summed E-state index contributed by atoms with van der Waals surface area (Å²) in [4.78, 5) is -0.778. The predicted molar refractivity (Wildman–Crippen MR) is 86.8 cm³/mol. The molecule has 0 aliphatic carbocycles. The smallest absolute Gasteiger partial charge is 0.419 e. The molecule has 0 bridgehead atoms.